The molecular formula is C7H8ClN3O2. The number of carbonyl (C=O) groups is 1. The van der Waals surface area contributed by atoms with Crippen molar-refractivity contribution in [3.8, 4) is 0 Å². The number of carboxylic acid groups (broad SMARTS) is 1. The van der Waals surface area contributed by atoms with Crippen LogP contribution in [-0.4, -0.2) is 28.1 Å². The van der Waals surface area contributed by atoms with Crippen molar-refractivity contribution in [3.05, 3.63) is 16.5 Å². The Labute approximate surface area is 79.8 Å². The topological polar surface area (TPSA) is 75.1 Å². The average Bonchev–Trinajstić information content (AvgIpc) is 2.09. The number of nitrogens with zero attached hydrogens (tertiary/aromatic N) is 2. The van der Waals surface area contributed by atoms with Crippen molar-refractivity contribution >= 4 is 23.4 Å². The molecule has 0 fully saturated rings. The third kappa shape index (κ3) is 1.86. The number of hydrogen-bond donors (Lipinski definition) is 2. The van der Waals surface area contributed by atoms with Gasteiger partial charge in [-0.25, -0.2) is 14.8 Å². The molecule has 0 aromatic carbocycles. The summed E-state index contributed by atoms with van der Waals surface area (Å²) in [6, 6.07) is 0. The van der Waals surface area contributed by atoms with Crippen molar-refractivity contribution in [1.82, 2.24) is 9.97 Å². The standard InChI is InChI=1S/C7H8ClN3O2/c1-3-4(8)5(9-2)11-6(10-3)7(12)13/h1-2H3,(H,12,13)(H,9,10,11). The first kappa shape index (κ1) is 9.73. The Balaban J connectivity index is 3.30. The Hall–Kier alpha value is -1.36. The number of nitrogens with one attached hydrogen (secondary N) is 1. The normalized spacial score (nSPS) is 9.77. The quantitative estimate of drug-likeness (QED) is 0.752. The molecule has 1 rings (SSSR count). The highest BCUT2D eigenvalue weighted by molar-refractivity contribution is 6.33. The Morgan fingerprint density at radius 2 is 2.15 bits per heavy atom. The molecule has 0 aliphatic heterocycles. The predicted octanol–water partition coefficient (Wildman–Crippen LogP) is 1.18. The lowest BCUT2D eigenvalue weighted by molar-refractivity contribution is 0.0683. The first-order valence-corrected chi connectivity index (χ1v) is 3.89. The van der Waals surface area contributed by atoms with Crippen molar-refractivity contribution in [2.75, 3.05) is 12.4 Å². The van der Waals surface area contributed by atoms with E-state index >= 15 is 0 Å². The molecule has 0 atom stereocenters. The van der Waals surface area contributed by atoms with Crippen LogP contribution in [0, 0.1) is 6.92 Å². The number of anilines is 1. The summed E-state index contributed by atoms with van der Waals surface area (Å²) in [7, 11) is 1.61. The van der Waals surface area contributed by atoms with Gasteiger partial charge >= 0.3 is 5.97 Å². The second kappa shape index (κ2) is 3.57. The van der Waals surface area contributed by atoms with E-state index in [1.165, 1.54) is 0 Å². The van der Waals surface area contributed by atoms with Crippen LogP contribution in [0.25, 0.3) is 0 Å². The van der Waals surface area contributed by atoms with Crippen LogP contribution < -0.4 is 5.32 Å². The summed E-state index contributed by atoms with van der Waals surface area (Å²) in [5, 5.41) is 11.6. The van der Waals surface area contributed by atoms with Crippen molar-refractivity contribution in [1.29, 1.82) is 0 Å². The van der Waals surface area contributed by atoms with Gasteiger partial charge in [-0.05, 0) is 6.92 Å². The van der Waals surface area contributed by atoms with E-state index in [1.54, 1.807) is 14.0 Å². The first-order chi connectivity index (χ1) is 6.06. The van der Waals surface area contributed by atoms with Crippen molar-refractivity contribution in [3.63, 3.8) is 0 Å². The minimum absolute atomic E-state index is 0.258. The number of aromatic nitrogens is 2. The molecular weight excluding hydrogens is 194 g/mol. The summed E-state index contributed by atoms with van der Waals surface area (Å²) >= 11 is 5.79. The van der Waals surface area contributed by atoms with E-state index in [4.69, 9.17) is 16.7 Å². The van der Waals surface area contributed by atoms with Gasteiger partial charge < -0.3 is 10.4 Å². The van der Waals surface area contributed by atoms with E-state index in [2.05, 4.69) is 15.3 Å². The lowest BCUT2D eigenvalue weighted by atomic mass is 10.4. The van der Waals surface area contributed by atoms with Crippen molar-refractivity contribution in [2.24, 2.45) is 0 Å². The summed E-state index contributed by atoms with van der Waals surface area (Å²) in [6.45, 7) is 1.62. The van der Waals surface area contributed by atoms with Gasteiger partial charge in [0.05, 0.1) is 5.69 Å². The fourth-order valence-electron chi connectivity index (χ4n) is 0.821. The molecule has 2 N–H and O–H groups in total. The van der Waals surface area contributed by atoms with Crippen LogP contribution in [0.15, 0.2) is 0 Å². The van der Waals surface area contributed by atoms with Crippen molar-refractivity contribution < 1.29 is 9.90 Å². The number of rotatable bonds is 2. The zero-order valence-electron chi connectivity index (χ0n) is 7.13. The summed E-state index contributed by atoms with van der Waals surface area (Å²) in [5.41, 5.74) is 0.443. The summed E-state index contributed by atoms with van der Waals surface area (Å²) in [5.74, 6) is -1.10. The third-order valence-electron chi connectivity index (χ3n) is 1.44. The maximum atomic E-state index is 10.5. The molecule has 0 radical (unpaired) electrons. The molecule has 1 aromatic heterocycles. The van der Waals surface area contributed by atoms with Gasteiger partial charge in [0.2, 0.25) is 5.82 Å². The number of carboxylic acids is 1. The van der Waals surface area contributed by atoms with Crippen LogP contribution in [0.3, 0.4) is 0 Å². The van der Waals surface area contributed by atoms with Gasteiger partial charge in [0.25, 0.3) is 0 Å². The van der Waals surface area contributed by atoms with Crippen LogP contribution in [0.4, 0.5) is 5.82 Å². The van der Waals surface area contributed by atoms with Gasteiger partial charge in [-0.3, -0.25) is 0 Å². The highest BCUT2D eigenvalue weighted by Gasteiger charge is 2.12. The van der Waals surface area contributed by atoms with E-state index in [9.17, 15) is 4.79 Å². The smallest absolute Gasteiger partial charge is 0.374 e. The summed E-state index contributed by atoms with van der Waals surface area (Å²) < 4.78 is 0. The second-order valence-electron chi connectivity index (χ2n) is 2.35. The van der Waals surface area contributed by atoms with E-state index < -0.39 is 5.97 Å². The molecule has 0 saturated heterocycles. The van der Waals surface area contributed by atoms with E-state index in [0.29, 0.717) is 16.5 Å². The minimum atomic E-state index is -1.17. The molecule has 6 heteroatoms. The lowest BCUT2D eigenvalue weighted by Crippen LogP contribution is -2.08. The van der Waals surface area contributed by atoms with Gasteiger partial charge in [0.1, 0.15) is 10.8 Å². The lowest BCUT2D eigenvalue weighted by Gasteiger charge is -2.05. The maximum absolute atomic E-state index is 10.5. The molecule has 0 bridgehead atoms. The number of aryl methyl sites for hydroxylation is 1. The molecule has 70 valence electrons. The molecule has 1 aromatic rings. The first-order valence-electron chi connectivity index (χ1n) is 3.51. The highest BCUT2D eigenvalue weighted by Crippen LogP contribution is 2.21. The largest absolute Gasteiger partial charge is 0.475 e. The molecule has 0 aliphatic rings. The van der Waals surface area contributed by atoms with Crippen LogP contribution in [0.2, 0.25) is 5.02 Å². The third-order valence-corrected chi connectivity index (χ3v) is 1.90. The zero-order valence-corrected chi connectivity index (χ0v) is 7.88. The molecule has 0 saturated carbocycles. The molecule has 1 heterocycles. The Kier molecular flexibility index (Phi) is 2.67. The van der Waals surface area contributed by atoms with E-state index in [-0.39, 0.29) is 5.82 Å². The van der Waals surface area contributed by atoms with E-state index in [1.807, 2.05) is 0 Å². The van der Waals surface area contributed by atoms with Gasteiger partial charge in [0.15, 0.2) is 0 Å². The Morgan fingerprint density at radius 3 is 2.62 bits per heavy atom. The van der Waals surface area contributed by atoms with Crippen LogP contribution in [0.1, 0.15) is 16.3 Å². The average molecular weight is 202 g/mol. The molecule has 0 spiro atoms. The van der Waals surface area contributed by atoms with Gasteiger partial charge in [-0.15, -0.1) is 0 Å². The van der Waals surface area contributed by atoms with Gasteiger partial charge in [-0.2, -0.15) is 0 Å². The molecule has 0 unspecified atom stereocenters. The number of aromatic carboxylic acids is 1. The SMILES string of the molecule is CNc1nc(C(=O)O)nc(C)c1Cl. The molecule has 13 heavy (non-hydrogen) atoms. The zero-order chi connectivity index (χ0) is 10.0. The van der Waals surface area contributed by atoms with Crippen LogP contribution >= 0.6 is 11.6 Å². The van der Waals surface area contributed by atoms with Gasteiger partial charge in [-0.1, -0.05) is 11.6 Å². The molecule has 0 aliphatic carbocycles. The summed E-state index contributed by atoms with van der Waals surface area (Å²) in [6.07, 6.45) is 0. The minimum Gasteiger partial charge on any atom is -0.475 e. The Morgan fingerprint density at radius 1 is 1.54 bits per heavy atom. The second-order valence-corrected chi connectivity index (χ2v) is 2.73. The van der Waals surface area contributed by atoms with Crippen LogP contribution in [-0.2, 0) is 0 Å². The number of hydrogen-bond acceptors (Lipinski definition) is 4. The molecule has 0 amide bonds. The van der Waals surface area contributed by atoms with Gasteiger partial charge in [0, 0.05) is 7.05 Å². The highest BCUT2D eigenvalue weighted by atomic mass is 35.5. The fourth-order valence-corrected chi connectivity index (χ4v) is 1.000. The van der Waals surface area contributed by atoms with E-state index in [0.717, 1.165) is 0 Å². The number of halogens is 1. The predicted molar refractivity (Wildman–Crippen MR) is 48.3 cm³/mol. The van der Waals surface area contributed by atoms with Crippen molar-refractivity contribution in [2.45, 2.75) is 6.92 Å². The maximum Gasteiger partial charge on any atom is 0.374 e. The Bertz CT molecular complexity index is 354. The monoisotopic (exact) mass is 201 g/mol. The fraction of sp³-hybridized carbons (Fsp3) is 0.286. The van der Waals surface area contributed by atoms with Crippen LogP contribution in [0.5, 0.6) is 0 Å². The molecule has 5 nitrogen and oxygen atoms in total. The summed E-state index contributed by atoms with van der Waals surface area (Å²) in [4.78, 5) is 17.9.